The van der Waals surface area contributed by atoms with Crippen LogP contribution < -0.4 is 16.2 Å². The van der Waals surface area contributed by atoms with Crippen LogP contribution in [-0.2, 0) is 6.54 Å². The Morgan fingerprint density at radius 2 is 2.10 bits per heavy atom. The minimum Gasteiger partial charge on any atom is -0.380 e. The number of rotatable bonds is 5. The number of hydrogen-bond donors (Lipinski definition) is 2. The molecule has 2 rings (SSSR count). The van der Waals surface area contributed by atoms with Crippen molar-refractivity contribution in [3.8, 4) is 0 Å². The lowest BCUT2D eigenvalue weighted by atomic mass is 9.91. The second-order valence-corrected chi connectivity index (χ2v) is 5.51. The minimum atomic E-state index is -0.277. The zero-order valence-electron chi connectivity index (χ0n) is 11.7. The highest BCUT2D eigenvalue weighted by Gasteiger charge is 2.21. The van der Waals surface area contributed by atoms with E-state index < -0.39 is 0 Å². The zero-order chi connectivity index (χ0) is 14.5. The van der Waals surface area contributed by atoms with Crippen LogP contribution in [0.2, 0.25) is 5.02 Å². The van der Waals surface area contributed by atoms with Gasteiger partial charge >= 0.3 is 0 Å². The summed E-state index contributed by atoms with van der Waals surface area (Å²) in [6, 6.07) is 0.954. The molecule has 0 amide bonds. The van der Waals surface area contributed by atoms with Crippen molar-refractivity contribution in [1.82, 2.24) is 15.1 Å². The first-order valence-electron chi connectivity index (χ1n) is 6.96. The molecule has 0 aliphatic heterocycles. The fourth-order valence-corrected chi connectivity index (χ4v) is 2.77. The third-order valence-electron chi connectivity index (χ3n) is 3.78. The Kier molecular flexibility index (Phi) is 5.20. The second-order valence-electron chi connectivity index (χ2n) is 5.13. The van der Waals surface area contributed by atoms with Crippen LogP contribution in [0.15, 0.2) is 23.6 Å². The Bertz CT molecular complexity index is 520. The van der Waals surface area contributed by atoms with Crippen LogP contribution >= 0.6 is 11.6 Å². The number of anilines is 1. The van der Waals surface area contributed by atoms with Crippen LogP contribution in [0.5, 0.6) is 0 Å². The summed E-state index contributed by atoms with van der Waals surface area (Å²) in [7, 11) is 2.00. The van der Waals surface area contributed by atoms with E-state index in [1.165, 1.54) is 4.68 Å². The summed E-state index contributed by atoms with van der Waals surface area (Å²) in [5.41, 5.74) is 0.352. The molecule has 1 heterocycles. The van der Waals surface area contributed by atoms with Gasteiger partial charge in [0, 0.05) is 12.1 Å². The van der Waals surface area contributed by atoms with Crippen LogP contribution in [0.25, 0.3) is 0 Å². The Balaban J connectivity index is 2.05. The van der Waals surface area contributed by atoms with E-state index in [0.717, 1.165) is 25.7 Å². The summed E-state index contributed by atoms with van der Waals surface area (Å²) in [5.74, 6) is 0. The summed E-state index contributed by atoms with van der Waals surface area (Å²) < 4.78 is 1.30. The summed E-state index contributed by atoms with van der Waals surface area (Å²) in [6.07, 6.45) is 7.64. The fraction of sp³-hybridized carbons (Fsp3) is 0.571. The molecule has 20 heavy (non-hydrogen) atoms. The standard InChI is InChI=1S/C14H21ClN4O/c1-3-8-19-14(20)13(15)12(9-17-19)18-11-6-4-10(16-2)5-7-11/h3,9-11,16,18H,1,4-8H2,2H3. The van der Waals surface area contributed by atoms with Crippen molar-refractivity contribution in [3.05, 3.63) is 34.2 Å². The molecule has 6 heteroatoms. The van der Waals surface area contributed by atoms with Gasteiger partial charge in [0.2, 0.25) is 0 Å². The minimum absolute atomic E-state index is 0.206. The van der Waals surface area contributed by atoms with Crippen molar-refractivity contribution in [2.45, 2.75) is 44.3 Å². The normalized spacial score (nSPS) is 22.5. The Morgan fingerprint density at radius 1 is 1.45 bits per heavy atom. The Morgan fingerprint density at radius 3 is 2.70 bits per heavy atom. The number of hydrogen-bond acceptors (Lipinski definition) is 4. The van der Waals surface area contributed by atoms with E-state index >= 15 is 0 Å². The van der Waals surface area contributed by atoms with E-state index in [1.807, 2.05) is 7.05 Å². The molecule has 0 saturated heterocycles. The van der Waals surface area contributed by atoms with Crippen LogP contribution in [-0.4, -0.2) is 28.9 Å². The largest absolute Gasteiger partial charge is 0.380 e. The number of nitrogens with one attached hydrogen (secondary N) is 2. The highest BCUT2D eigenvalue weighted by atomic mass is 35.5. The maximum Gasteiger partial charge on any atom is 0.287 e. The maximum atomic E-state index is 12.0. The van der Waals surface area contributed by atoms with Gasteiger partial charge in [-0.2, -0.15) is 5.10 Å². The number of allylic oxidation sites excluding steroid dienone is 1. The highest BCUT2D eigenvalue weighted by Crippen LogP contribution is 2.24. The topological polar surface area (TPSA) is 59.0 Å². The van der Waals surface area contributed by atoms with Crippen LogP contribution in [0.4, 0.5) is 5.69 Å². The molecule has 0 radical (unpaired) electrons. The molecule has 0 aromatic carbocycles. The summed E-state index contributed by atoms with van der Waals surface area (Å²) in [5, 5.41) is 10.9. The van der Waals surface area contributed by atoms with Gasteiger partial charge in [-0.3, -0.25) is 4.79 Å². The van der Waals surface area contributed by atoms with E-state index in [4.69, 9.17) is 11.6 Å². The van der Waals surface area contributed by atoms with Crippen molar-refractivity contribution in [3.63, 3.8) is 0 Å². The Labute approximate surface area is 124 Å². The molecule has 5 nitrogen and oxygen atoms in total. The molecule has 1 aliphatic carbocycles. The lowest BCUT2D eigenvalue weighted by Crippen LogP contribution is -2.35. The molecule has 110 valence electrons. The van der Waals surface area contributed by atoms with Gasteiger partial charge in [-0.05, 0) is 32.7 Å². The number of aromatic nitrogens is 2. The number of nitrogens with zero attached hydrogens (tertiary/aromatic N) is 2. The number of halogens is 1. The van der Waals surface area contributed by atoms with Crippen LogP contribution in [0.3, 0.4) is 0 Å². The first kappa shape index (κ1) is 15.1. The van der Waals surface area contributed by atoms with Crippen molar-refractivity contribution in [1.29, 1.82) is 0 Å². The first-order valence-corrected chi connectivity index (χ1v) is 7.33. The van der Waals surface area contributed by atoms with Crippen LogP contribution in [0.1, 0.15) is 25.7 Å². The van der Waals surface area contributed by atoms with Gasteiger partial charge in [-0.1, -0.05) is 17.7 Å². The van der Waals surface area contributed by atoms with Crippen molar-refractivity contribution in [2.75, 3.05) is 12.4 Å². The molecule has 0 atom stereocenters. The molecule has 1 aromatic heterocycles. The van der Waals surface area contributed by atoms with Gasteiger partial charge in [-0.25, -0.2) is 4.68 Å². The van der Waals surface area contributed by atoms with Crippen molar-refractivity contribution >= 4 is 17.3 Å². The van der Waals surface area contributed by atoms with Gasteiger partial charge in [0.25, 0.3) is 5.56 Å². The molecule has 1 aliphatic rings. The molecule has 0 spiro atoms. The van der Waals surface area contributed by atoms with Gasteiger partial charge in [0.15, 0.2) is 0 Å². The van der Waals surface area contributed by atoms with Gasteiger partial charge in [0.1, 0.15) is 5.02 Å². The third-order valence-corrected chi connectivity index (χ3v) is 4.15. The molecule has 0 bridgehead atoms. The average Bonchev–Trinajstić information content (AvgIpc) is 2.48. The van der Waals surface area contributed by atoms with E-state index in [1.54, 1.807) is 12.3 Å². The Hall–Kier alpha value is -1.33. The van der Waals surface area contributed by atoms with Gasteiger partial charge in [0.05, 0.1) is 18.4 Å². The molecule has 2 N–H and O–H groups in total. The lowest BCUT2D eigenvalue weighted by molar-refractivity contribution is 0.371. The predicted molar refractivity (Wildman–Crippen MR) is 82.4 cm³/mol. The van der Waals surface area contributed by atoms with E-state index in [9.17, 15) is 4.79 Å². The molecule has 1 saturated carbocycles. The van der Waals surface area contributed by atoms with Gasteiger partial charge < -0.3 is 10.6 Å². The smallest absolute Gasteiger partial charge is 0.287 e. The third kappa shape index (κ3) is 3.41. The fourth-order valence-electron chi connectivity index (χ4n) is 2.56. The summed E-state index contributed by atoms with van der Waals surface area (Å²) >= 11 is 6.13. The lowest BCUT2D eigenvalue weighted by Gasteiger charge is -2.29. The maximum absolute atomic E-state index is 12.0. The average molecular weight is 297 g/mol. The second kappa shape index (κ2) is 6.90. The van der Waals surface area contributed by atoms with Gasteiger partial charge in [-0.15, -0.1) is 6.58 Å². The summed E-state index contributed by atoms with van der Waals surface area (Å²) in [6.45, 7) is 3.96. The quantitative estimate of drug-likeness (QED) is 0.816. The SMILES string of the molecule is C=CCn1ncc(NC2CCC(NC)CC2)c(Cl)c1=O. The molecular formula is C14H21ClN4O. The summed E-state index contributed by atoms with van der Waals surface area (Å²) in [4.78, 5) is 12.0. The molecule has 1 fully saturated rings. The monoisotopic (exact) mass is 296 g/mol. The van der Waals surface area contributed by atoms with Crippen molar-refractivity contribution < 1.29 is 0 Å². The molecular weight excluding hydrogens is 276 g/mol. The van der Waals surface area contributed by atoms with E-state index in [2.05, 4.69) is 22.3 Å². The van der Waals surface area contributed by atoms with Crippen LogP contribution in [0, 0.1) is 0 Å². The highest BCUT2D eigenvalue weighted by molar-refractivity contribution is 6.32. The van der Waals surface area contributed by atoms with E-state index in [-0.39, 0.29) is 10.6 Å². The first-order chi connectivity index (χ1) is 9.65. The van der Waals surface area contributed by atoms with Crippen molar-refractivity contribution in [2.24, 2.45) is 0 Å². The van der Waals surface area contributed by atoms with E-state index in [0.29, 0.717) is 24.3 Å². The zero-order valence-corrected chi connectivity index (χ0v) is 12.5. The predicted octanol–water partition coefficient (Wildman–Crippen LogP) is 2.03. The molecule has 0 unspecified atom stereocenters. The molecule has 1 aromatic rings.